The summed E-state index contributed by atoms with van der Waals surface area (Å²) in [4.78, 5) is 16.5. The van der Waals surface area contributed by atoms with Crippen LogP contribution in [0.25, 0.3) is 0 Å². The molecule has 19 heavy (non-hydrogen) atoms. The van der Waals surface area contributed by atoms with E-state index in [2.05, 4.69) is 24.1 Å². The number of carbonyl (C=O) groups excluding carboxylic acids is 1. The number of imidazole rings is 1. The third-order valence-corrected chi connectivity index (χ3v) is 3.81. The lowest BCUT2D eigenvalue weighted by Gasteiger charge is -2.18. The molecule has 1 aliphatic carbocycles. The van der Waals surface area contributed by atoms with Crippen molar-refractivity contribution in [3.05, 3.63) is 12.4 Å². The molecule has 1 saturated carbocycles. The monoisotopic (exact) mass is 264 g/mol. The summed E-state index contributed by atoms with van der Waals surface area (Å²) in [5.41, 5.74) is 5.73. The maximum Gasteiger partial charge on any atom is 0.230 e. The molecule has 2 atom stereocenters. The van der Waals surface area contributed by atoms with Crippen molar-refractivity contribution in [2.24, 2.45) is 23.5 Å². The Labute approximate surface area is 114 Å². The van der Waals surface area contributed by atoms with Crippen molar-refractivity contribution in [1.82, 2.24) is 9.55 Å². The van der Waals surface area contributed by atoms with E-state index >= 15 is 0 Å². The minimum Gasteiger partial charge on any atom is -0.330 e. The van der Waals surface area contributed by atoms with Gasteiger partial charge in [0.1, 0.15) is 0 Å². The first-order chi connectivity index (χ1) is 9.11. The predicted molar refractivity (Wildman–Crippen MR) is 75.6 cm³/mol. The number of hydrogen-bond acceptors (Lipinski definition) is 3. The second-order valence-corrected chi connectivity index (χ2v) is 5.82. The van der Waals surface area contributed by atoms with E-state index < -0.39 is 0 Å². The van der Waals surface area contributed by atoms with Crippen LogP contribution in [0, 0.1) is 17.8 Å². The molecule has 0 radical (unpaired) electrons. The number of nitrogens with one attached hydrogen (secondary N) is 1. The fraction of sp³-hybridized carbons (Fsp3) is 0.714. The second-order valence-electron chi connectivity index (χ2n) is 5.82. The molecule has 0 saturated heterocycles. The van der Waals surface area contributed by atoms with Gasteiger partial charge >= 0.3 is 0 Å². The van der Waals surface area contributed by atoms with Gasteiger partial charge in [-0.05, 0) is 31.2 Å². The fourth-order valence-corrected chi connectivity index (χ4v) is 2.84. The smallest absolute Gasteiger partial charge is 0.230 e. The lowest BCUT2D eigenvalue weighted by molar-refractivity contribution is -0.120. The Kier molecular flexibility index (Phi) is 4.58. The number of carbonyl (C=O) groups is 1. The van der Waals surface area contributed by atoms with Crippen LogP contribution >= 0.6 is 0 Å². The molecule has 1 aromatic rings. The average molecular weight is 264 g/mol. The van der Waals surface area contributed by atoms with Gasteiger partial charge in [-0.25, -0.2) is 4.98 Å². The zero-order valence-corrected chi connectivity index (χ0v) is 11.8. The minimum atomic E-state index is 0.0502. The van der Waals surface area contributed by atoms with Crippen LogP contribution in [0.1, 0.15) is 33.1 Å². The van der Waals surface area contributed by atoms with Crippen molar-refractivity contribution in [3.8, 4) is 0 Å². The van der Waals surface area contributed by atoms with Gasteiger partial charge in [0, 0.05) is 24.9 Å². The number of aromatic nitrogens is 2. The molecule has 106 valence electrons. The number of nitrogens with two attached hydrogens (primary N) is 1. The Morgan fingerprint density at radius 2 is 2.37 bits per heavy atom. The van der Waals surface area contributed by atoms with Crippen molar-refractivity contribution in [2.75, 3.05) is 11.9 Å². The minimum absolute atomic E-state index is 0.0502. The van der Waals surface area contributed by atoms with Gasteiger partial charge in [0.05, 0.1) is 0 Å². The van der Waals surface area contributed by atoms with Gasteiger partial charge in [-0.1, -0.05) is 20.3 Å². The Morgan fingerprint density at radius 3 is 3.05 bits per heavy atom. The molecule has 3 N–H and O–H groups in total. The van der Waals surface area contributed by atoms with E-state index in [1.165, 1.54) is 0 Å². The highest BCUT2D eigenvalue weighted by molar-refractivity contribution is 5.91. The molecule has 1 amide bonds. The molecule has 1 fully saturated rings. The molecule has 1 aliphatic rings. The lowest BCUT2D eigenvalue weighted by Crippen LogP contribution is -2.30. The van der Waals surface area contributed by atoms with Crippen LogP contribution in [-0.2, 0) is 11.3 Å². The number of hydrogen-bond donors (Lipinski definition) is 2. The van der Waals surface area contributed by atoms with Crippen molar-refractivity contribution >= 4 is 11.9 Å². The number of nitrogens with zero attached hydrogens (tertiary/aromatic N) is 2. The zero-order valence-electron chi connectivity index (χ0n) is 11.8. The first-order valence-electron chi connectivity index (χ1n) is 7.14. The summed E-state index contributed by atoms with van der Waals surface area (Å²) < 4.78 is 2.00. The van der Waals surface area contributed by atoms with Crippen LogP contribution in [0.5, 0.6) is 0 Å². The van der Waals surface area contributed by atoms with Gasteiger partial charge in [-0.15, -0.1) is 0 Å². The topological polar surface area (TPSA) is 72.9 Å². The molecule has 0 bridgehead atoms. The lowest BCUT2D eigenvalue weighted by atomic mass is 9.95. The average Bonchev–Trinajstić information content (AvgIpc) is 2.97. The molecule has 0 aromatic carbocycles. The van der Waals surface area contributed by atoms with E-state index in [1.54, 1.807) is 6.20 Å². The van der Waals surface area contributed by atoms with Gasteiger partial charge < -0.3 is 10.3 Å². The molecule has 1 aromatic heterocycles. The highest BCUT2D eigenvalue weighted by Crippen LogP contribution is 2.31. The van der Waals surface area contributed by atoms with Gasteiger partial charge in [0.2, 0.25) is 11.9 Å². The molecular weight excluding hydrogens is 240 g/mol. The van der Waals surface area contributed by atoms with Crippen molar-refractivity contribution < 1.29 is 4.79 Å². The third kappa shape index (κ3) is 3.35. The van der Waals surface area contributed by atoms with Gasteiger partial charge in [0.15, 0.2) is 0 Å². The van der Waals surface area contributed by atoms with Gasteiger partial charge in [0.25, 0.3) is 0 Å². The normalized spacial score (nSPS) is 22.9. The first kappa shape index (κ1) is 14.1. The quantitative estimate of drug-likeness (QED) is 0.852. The van der Waals surface area contributed by atoms with Crippen molar-refractivity contribution in [3.63, 3.8) is 0 Å². The number of rotatable bonds is 5. The van der Waals surface area contributed by atoms with Crippen LogP contribution in [0.3, 0.4) is 0 Å². The van der Waals surface area contributed by atoms with Gasteiger partial charge in [-0.2, -0.15) is 0 Å². The van der Waals surface area contributed by atoms with Crippen LogP contribution in [0.15, 0.2) is 12.4 Å². The number of anilines is 1. The Bertz CT molecular complexity index is 427. The van der Waals surface area contributed by atoms with Crippen LogP contribution in [-0.4, -0.2) is 22.0 Å². The molecule has 0 aliphatic heterocycles. The molecular formula is C14H24N4O. The third-order valence-electron chi connectivity index (χ3n) is 3.81. The maximum absolute atomic E-state index is 12.3. The molecule has 0 unspecified atom stereocenters. The summed E-state index contributed by atoms with van der Waals surface area (Å²) in [7, 11) is 0. The predicted octanol–water partition coefficient (Wildman–Crippen LogP) is 1.85. The largest absolute Gasteiger partial charge is 0.330 e. The summed E-state index contributed by atoms with van der Waals surface area (Å²) in [6.07, 6.45) is 6.74. The van der Waals surface area contributed by atoms with Crippen molar-refractivity contribution in [1.29, 1.82) is 0 Å². The summed E-state index contributed by atoms with van der Waals surface area (Å²) >= 11 is 0. The number of amides is 1. The first-order valence-corrected chi connectivity index (χ1v) is 7.14. The summed E-state index contributed by atoms with van der Waals surface area (Å²) in [6.45, 7) is 5.75. The molecule has 0 spiro atoms. The maximum atomic E-state index is 12.3. The summed E-state index contributed by atoms with van der Waals surface area (Å²) in [5.74, 6) is 1.63. The standard InChI is InChI=1S/C14H24N4O/c1-10(2)9-18-7-6-16-14(18)17-13(19)12-5-3-4-11(12)8-15/h6-7,10-12H,3-5,8-9,15H2,1-2H3,(H,16,17,19)/t11-,12-/m1/s1. The summed E-state index contributed by atoms with van der Waals surface area (Å²) in [5, 5.41) is 2.96. The van der Waals surface area contributed by atoms with E-state index in [9.17, 15) is 4.79 Å². The Morgan fingerprint density at radius 1 is 1.58 bits per heavy atom. The molecule has 2 rings (SSSR count). The fourth-order valence-electron chi connectivity index (χ4n) is 2.84. The highest BCUT2D eigenvalue weighted by atomic mass is 16.2. The van der Waals surface area contributed by atoms with E-state index in [4.69, 9.17) is 5.73 Å². The van der Waals surface area contributed by atoms with E-state index in [1.807, 2.05) is 10.8 Å². The second kappa shape index (κ2) is 6.19. The van der Waals surface area contributed by atoms with Crippen LogP contribution < -0.4 is 11.1 Å². The van der Waals surface area contributed by atoms with E-state index in [0.717, 1.165) is 25.8 Å². The Hall–Kier alpha value is -1.36. The van der Waals surface area contributed by atoms with Crippen molar-refractivity contribution in [2.45, 2.75) is 39.7 Å². The molecule has 5 nitrogen and oxygen atoms in total. The highest BCUT2D eigenvalue weighted by Gasteiger charge is 2.32. The van der Waals surface area contributed by atoms with E-state index in [0.29, 0.717) is 24.3 Å². The van der Waals surface area contributed by atoms with E-state index in [-0.39, 0.29) is 11.8 Å². The van der Waals surface area contributed by atoms with Gasteiger partial charge in [-0.3, -0.25) is 10.1 Å². The Balaban J connectivity index is 2.00. The summed E-state index contributed by atoms with van der Waals surface area (Å²) in [6, 6.07) is 0. The molecule has 1 heterocycles. The SMILES string of the molecule is CC(C)Cn1ccnc1NC(=O)[C@@H]1CCC[C@@H]1CN. The molecule has 5 heteroatoms. The zero-order chi connectivity index (χ0) is 13.8. The van der Waals surface area contributed by atoms with Crippen LogP contribution in [0.2, 0.25) is 0 Å². The van der Waals surface area contributed by atoms with Crippen LogP contribution in [0.4, 0.5) is 5.95 Å².